The molecule has 0 aliphatic carbocycles. The van der Waals surface area contributed by atoms with Crippen LogP contribution in [0.2, 0.25) is 0 Å². The quantitative estimate of drug-likeness (QED) is 0.730. The fraction of sp³-hybridized carbons (Fsp3) is 0.435. The van der Waals surface area contributed by atoms with E-state index in [0.29, 0.717) is 25.9 Å². The summed E-state index contributed by atoms with van der Waals surface area (Å²) in [6.45, 7) is 6.92. The van der Waals surface area contributed by atoms with Gasteiger partial charge >= 0.3 is 0 Å². The molecule has 1 saturated heterocycles. The normalized spacial score (nSPS) is 17.7. The molecule has 2 aromatic rings. The van der Waals surface area contributed by atoms with Crippen molar-refractivity contribution in [2.24, 2.45) is 5.92 Å². The molecule has 1 aliphatic rings. The van der Waals surface area contributed by atoms with Crippen molar-refractivity contribution in [3.05, 3.63) is 59.7 Å². The summed E-state index contributed by atoms with van der Waals surface area (Å²) in [5, 5.41) is 2.95. The zero-order chi connectivity index (χ0) is 21.7. The molecular formula is C23H30N2O4S. The van der Waals surface area contributed by atoms with Crippen molar-refractivity contribution in [2.45, 2.75) is 51.2 Å². The number of aryl methyl sites for hydroxylation is 1. The largest absolute Gasteiger partial charge is 0.491 e. The van der Waals surface area contributed by atoms with Crippen LogP contribution in [-0.2, 0) is 21.4 Å². The van der Waals surface area contributed by atoms with Crippen LogP contribution in [0.4, 0.5) is 0 Å². The Morgan fingerprint density at radius 3 is 2.43 bits per heavy atom. The number of benzene rings is 2. The van der Waals surface area contributed by atoms with E-state index >= 15 is 0 Å². The second kappa shape index (κ2) is 9.62. The Bertz CT molecular complexity index is 954. The predicted octanol–water partition coefficient (Wildman–Crippen LogP) is 3.50. The van der Waals surface area contributed by atoms with Gasteiger partial charge in [0.05, 0.1) is 16.9 Å². The third-order valence-electron chi connectivity index (χ3n) is 5.18. The first-order valence-electron chi connectivity index (χ1n) is 10.4. The number of amides is 1. The van der Waals surface area contributed by atoms with Gasteiger partial charge in [0.1, 0.15) is 5.75 Å². The third kappa shape index (κ3) is 5.61. The Balaban J connectivity index is 1.58. The van der Waals surface area contributed by atoms with Crippen molar-refractivity contribution in [3.63, 3.8) is 0 Å². The molecule has 0 unspecified atom stereocenters. The van der Waals surface area contributed by atoms with E-state index in [4.69, 9.17) is 4.74 Å². The van der Waals surface area contributed by atoms with Crippen molar-refractivity contribution in [1.29, 1.82) is 0 Å². The molecule has 1 atom stereocenters. The maximum Gasteiger partial charge on any atom is 0.243 e. The van der Waals surface area contributed by atoms with Gasteiger partial charge in [0.15, 0.2) is 0 Å². The minimum atomic E-state index is -3.59. The smallest absolute Gasteiger partial charge is 0.243 e. The second-order valence-electron chi connectivity index (χ2n) is 8.04. The minimum absolute atomic E-state index is 0.110. The zero-order valence-corrected chi connectivity index (χ0v) is 18.6. The Labute approximate surface area is 179 Å². The number of carbonyl (C=O) groups is 1. The third-order valence-corrected chi connectivity index (χ3v) is 7.05. The highest BCUT2D eigenvalue weighted by Gasteiger charge is 2.33. The van der Waals surface area contributed by atoms with Gasteiger partial charge in [-0.05, 0) is 63.4 Å². The highest BCUT2D eigenvalue weighted by atomic mass is 32.2. The van der Waals surface area contributed by atoms with Crippen LogP contribution < -0.4 is 10.1 Å². The van der Waals surface area contributed by atoms with Crippen molar-refractivity contribution >= 4 is 15.9 Å². The molecule has 30 heavy (non-hydrogen) atoms. The first-order valence-corrected chi connectivity index (χ1v) is 11.8. The van der Waals surface area contributed by atoms with E-state index < -0.39 is 10.0 Å². The molecule has 0 bridgehead atoms. The van der Waals surface area contributed by atoms with Gasteiger partial charge in [0.2, 0.25) is 15.9 Å². The molecule has 6 nitrogen and oxygen atoms in total. The molecule has 7 heteroatoms. The lowest BCUT2D eigenvalue weighted by atomic mass is 9.99. The van der Waals surface area contributed by atoms with Crippen LogP contribution in [-0.4, -0.2) is 37.8 Å². The van der Waals surface area contributed by atoms with Gasteiger partial charge in [-0.1, -0.05) is 29.8 Å². The topological polar surface area (TPSA) is 75.7 Å². The van der Waals surface area contributed by atoms with Crippen LogP contribution in [0.25, 0.3) is 0 Å². The number of hydrogen-bond acceptors (Lipinski definition) is 4. The van der Waals surface area contributed by atoms with Crippen LogP contribution in [0.5, 0.6) is 5.75 Å². The van der Waals surface area contributed by atoms with E-state index in [1.54, 1.807) is 24.3 Å². The molecule has 2 aromatic carbocycles. The Morgan fingerprint density at radius 2 is 1.80 bits per heavy atom. The average molecular weight is 431 g/mol. The van der Waals surface area contributed by atoms with Crippen molar-refractivity contribution in [1.82, 2.24) is 9.62 Å². The summed E-state index contributed by atoms with van der Waals surface area (Å²) in [6.07, 6.45) is 1.47. The monoisotopic (exact) mass is 430 g/mol. The van der Waals surface area contributed by atoms with Crippen LogP contribution >= 0.6 is 0 Å². The molecule has 0 radical (unpaired) electrons. The number of hydrogen-bond donors (Lipinski definition) is 1. The molecule has 0 spiro atoms. The maximum atomic E-state index is 12.9. The predicted molar refractivity (Wildman–Crippen MR) is 117 cm³/mol. The van der Waals surface area contributed by atoms with Crippen molar-refractivity contribution in [3.8, 4) is 5.75 Å². The number of ether oxygens (including phenoxy) is 1. The standard InChI is InChI=1S/C23H30N2O4S/c1-17(2)29-21-10-8-19(9-11-21)15-24-23(26)20-5-4-14-25(16-20)30(27,28)22-12-6-18(3)7-13-22/h6-13,17,20H,4-5,14-16H2,1-3H3,(H,24,26)/t20-/m1/s1. The summed E-state index contributed by atoms with van der Waals surface area (Å²) in [5.41, 5.74) is 1.98. The second-order valence-corrected chi connectivity index (χ2v) is 9.98. The molecule has 0 saturated carbocycles. The van der Waals surface area contributed by atoms with E-state index in [1.807, 2.05) is 45.0 Å². The Hall–Kier alpha value is -2.38. The van der Waals surface area contributed by atoms with Gasteiger partial charge in [-0.3, -0.25) is 4.79 Å². The molecule has 1 fully saturated rings. The summed E-state index contributed by atoms with van der Waals surface area (Å²) in [6, 6.07) is 14.5. The molecular weight excluding hydrogens is 400 g/mol. The van der Waals surface area contributed by atoms with Crippen molar-refractivity contribution in [2.75, 3.05) is 13.1 Å². The molecule has 162 valence electrons. The van der Waals surface area contributed by atoms with E-state index in [-0.39, 0.29) is 29.4 Å². The van der Waals surface area contributed by atoms with Crippen LogP contribution in [0.3, 0.4) is 0 Å². The average Bonchev–Trinajstić information content (AvgIpc) is 2.73. The molecule has 1 N–H and O–H groups in total. The SMILES string of the molecule is Cc1ccc(S(=O)(=O)N2CCC[C@@H](C(=O)NCc3ccc(OC(C)C)cc3)C2)cc1. The number of carbonyl (C=O) groups excluding carboxylic acids is 1. The number of rotatable bonds is 7. The van der Waals surface area contributed by atoms with Crippen LogP contribution in [0.15, 0.2) is 53.4 Å². The first-order chi connectivity index (χ1) is 14.3. The summed E-state index contributed by atoms with van der Waals surface area (Å²) < 4.78 is 32.9. The number of nitrogens with one attached hydrogen (secondary N) is 1. The fourth-order valence-corrected chi connectivity index (χ4v) is 5.05. The van der Waals surface area contributed by atoms with Crippen LogP contribution in [0.1, 0.15) is 37.8 Å². The van der Waals surface area contributed by atoms with E-state index in [0.717, 1.165) is 16.9 Å². The van der Waals surface area contributed by atoms with Crippen LogP contribution in [0, 0.1) is 12.8 Å². The fourth-order valence-electron chi connectivity index (χ4n) is 3.53. The lowest BCUT2D eigenvalue weighted by Crippen LogP contribution is -2.45. The summed E-state index contributed by atoms with van der Waals surface area (Å²) in [4.78, 5) is 13.0. The van der Waals surface area contributed by atoms with Gasteiger partial charge in [-0.15, -0.1) is 0 Å². The van der Waals surface area contributed by atoms with Crippen molar-refractivity contribution < 1.29 is 17.9 Å². The van der Waals surface area contributed by atoms with Gasteiger partial charge in [-0.2, -0.15) is 4.31 Å². The lowest BCUT2D eigenvalue weighted by molar-refractivity contribution is -0.126. The molecule has 0 aromatic heterocycles. The molecule has 1 heterocycles. The molecule has 3 rings (SSSR count). The van der Waals surface area contributed by atoms with E-state index in [9.17, 15) is 13.2 Å². The summed E-state index contributed by atoms with van der Waals surface area (Å²) >= 11 is 0. The van der Waals surface area contributed by atoms with Gasteiger partial charge in [0.25, 0.3) is 0 Å². The highest BCUT2D eigenvalue weighted by Crippen LogP contribution is 2.24. The van der Waals surface area contributed by atoms with Gasteiger partial charge in [-0.25, -0.2) is 8.42 Å². The first kappa shape index (κ1) is 22.3. The number of piperidine rings is 1. The van der Waals surface area contributed by atoms with Gasteiger partial charge < -0.3 is 10.1 Å². The van der Waals surface area contributed by atoms with E-state index in [2.05, 4.69) is 5.32 Å². The lowest BCUT2D eigenvalue weighted by Gasteiger charge is -2.31. The van der Waals surface area contributed by atoms with E-state index in [1.165, 1.54) is 4.31 Å². The maximum absolute atomic E-state index is 12.9. The molecule has 1 amide bonds. The zero-order valence-electron chi connectivity index (χ0n) is 17.8. The minimum Gasteiger partial charge on any atom is -0.491 e. The number of sulfonamides is 1. The van der Waals surface area contributed by atoms with Gasteiger partial charge in [0, 0.05) is 19.6 Å². The number of nitrogens with zero attached hydrogens (tertiary/aromatic N) is 1. The highest BCUT2D eigenvalue weighted by molar-refractivity contribution is 7.89. The Kier molecular flexibility index (Phi) is 7.15. The Morgan fingerprint density at radius 1 is 1.13 bits per heavy atom. The molecule has 1 aliphatic heterocycles. The summed E-state index contributed by atoms with van der Waals surface area (Å²) in [5.74, 6) is 0.341. The summed E-state index contributed by atoms with van der Waals surface area (Å²) in [7, 11) is -3.59.